The zero-order valence-electron chi connectivity index (χ0n) is 11.9. The molecule has 1 nitrogen and oxygen atoms in total. The molecule has 0 amide bonds. The Morgan fingerprint density at radius 1 is 1.15 bits per heavy atom. The van der Waals surface area contributed by atoms with Crippen LogP contribution in [0.1, 0.15) is 26.2 Å². The Kier molecular flexibility index (Phi) is 6.13. The maximum atomic E-state index is 6.06. The fourth-order valence-corrected chi connectivity index (χ4v) is 2.75. The van der Waals surface area contributed by atoms with Crippen LogP contribution in [0.25, 0.3) is 10.8 Å². The van der Waals surface area contributed by atoms with Crippen LogP contribution in [0.15, 0.2) is 53.5 Å². The first kappa shape index (κ1) is 15.1. The van der Waals surface area contributed by atoms with E-state index < -0.39 is 0 Å². The molecule has 0 N–H and O–H groups in total. The number of benzene rings is 2. The van der Waals surface area contributed by atoms with Crippen molar-refractivity contribution in [1.29, 1.82) is 0 Å². The molecule has 0 saturated carbocycles. The first-order valence-corrected chi connectivity index (χ1v) is 8.14. The second-order valence-corrected chi connectivity index (χ2v) is 5.54. The van der Waals surface area contributed by atoms with E-state index in [9.17, 15) is 0 Å². The van der Waals surface area contributed by atoms with Gasteiger partial charge in [0.1, 0.15) is 5.75 Å². The predicted octanol–water partition coefficient (Wildman–Crippen LogP) is 5.93. The molecule has 2 aromatic rings. The SMILES string of the molecule is CCCCC(C=CBr)COc1cccc2ccccc12. The third-order valence-corrected chi connectivity index (χ3v) is 3.78. The summed E-state index contributed by atoms with van der Waals surface area (Å²) in [4.78, 5) is 1.94. The van der Waals surface area contributed by atoms with Gasteiger partial charge >= 0.3 is 0 Å². The lowest BCUT2D eigenvalue weighted by atomic mass is 10.0. The molecule has 0 heterocycles. The van der Waals surface area contributed by atoms with E-state index in [1.807, 2.05) is 4.99 Å². The van der Waals surface area contributed by atoms with Crippen molar-refractivity contribution in [2.45, 2.75) is 26.2 Å². The number of halogens is 1. The fraction of sp³-hybridized carbons (Fsp3) is 0.333. The van der Waals surface area contributed by atoms with E-state index in [0.29, 0.717) is 5.92 Å². The largest absolute Gasteiger partial charge is 0.492 e. The normalized spacial score (nSPS) is 12.9. The van der Waals surface area contributed by atoms with Gasteiger partial charge in [-0.15, -0.1) is 0 Å². The second kappa shape index (κ2) is 8.11. The Labute approximate surface area is 129 Å². The van der Waals surface area contributed by atoms with Gasteiger partial charge in [-0.2, -0.15) is 0 Å². The average Bonchev–Trinajstić information content (AvgIpc) is 2.50. The van der Waals surface area contributed by atoms with Crippen molar-refractivity contribution in [2.75, 3.05) is 6.61 Å². The molecule has 2 rings (SSSR count). The van der Waals surface area contributed by atoms with Crippen LogP contribution in [0.4, 0.5) is 0 Å². The Bertz CT molecular complexity index is 557. The van der Waals surface area contributed by atoms with Gasteiger partial charge in [-0.3, -0.25) is 0 Å². The van der Waals surface area contributed by atoms with Crippen LogP contribution in [0.5, 0.6) is 5.75 Å². The highest BCUT2D eigenvalue weighted by Crippen LogP contribution is 2.26. The standard InChI is InChI=1S/C18H21BrO/c1-2-3-7-15(12-13-19)14-20-18-11-6-9-16-8-4-5-10-17(16)18/h4-6,8-13,15H,2-3,7,14H2,1H3. The predicted molar refractivity (Wildman–Crippen MR) is 90.5 cm³/mol. The minimum absolute atomic E-state index is 0.466. The minimum Gasteiger partial charge on any atom is -0.492 e. The van der Waals surface area contributed by atoms with E-state index in [1.54, 1.807) is 0 Å². The summed E-state index contributed by atoms with van der Waals surface area (Å²) in [5, 5.41) is 2.42. The molecule has 0 aliphatic heterocycles. The molecule has 1 atom stereocenters. The highest BCUT2D eigenvalue weighted by molar-refractivity contribution is 9.11. The van der Waals surface area contributed by atoms with Gasteiger partial charge in [-0.05, 0) is 22.9 Å². The lowest BCUT2D eigenvalue weighted by Crippen LogP contribution is -2.10. The Balaban J connectivity index is 2.07. The third-order valence-electron chi connectivity index (χ3n) is 3.48. The maximum absolute atomic E-state index is 6.06. The minimum atomic E-state index is 0.466. The molecule has 0 spiro atoms. The zero-order valence-corrected chi connectivity index (χ0v) is 13.5. The van der Waals surface area contributed by atoms with E-state index in [1.165, 1.54) is 30.0 Å². The molecule has 2 heteroatoms. The van der Waals surface area contributed by atoms with Gasteiger partial charge in [0.15, 0.2) is 0 Å². The van der Waals surface area contributed by atoms with Gasteiger partial charge in [0.05, 0.1) is 6.61 Å². The molecule has 0 aliphatic carbocycles. The summed E-state index contributed by atoms with van der Waals surface area (Å²) in [6.07, 6.45) is 5.81. The highest BCUT2D eigenvalue weighted by Gasteiger charge is 2.07. The molecule has 106 valence electrons. The average molecular weight is 333 g/mol. The Morgan fingerprint density at radius 3 is 2.75 bits per heavy atom. The molecular weight excluding hydrogens is 312 g/mol. The maximum Gasteiger partial charge on any atom is 0.127 e. The van der Waals surface area contributed by atoms with Crippen LogP contribution in [0.2, 0.25) is 0 Å². The van der Waals surface area contributed by atoms with E-state index in [4.69, 9.17) is 4.74 Å². The number of rotatable bonds is 7. The van der Waals surface area contributed by atoms with Crippen LogP contribution in [-0.2, 0) is 0 Å². The van der Waals surface area contributed by atoms with Crippen molar-refractivity contribution in [2.24, 2.45) is 5.92 Å². The molecule has 20 heavy (non-hydrogen) atoms. The molecule has 0 radical (unpaired) electrons. The van der Waals surface area contributed by atoms with Crippen LogP contribution in [0.3, 0.4) is 0 Å². The summed E-state index contributed by atoms with van der Waals surface area (Å²) in [5.74, 6) is 1.45. The summed E-state index contributed by atoms with van der Waals surface area (Å²) in [7, 11) is 0. The number of fused-ring (bicyclic) bond motifs is 1. The second-order valence-electron chi connectivity index (χ2n) is 5.01. The van der Waals surface area contributed by atoms with Gasteiger partial charge in [0, 0.05) is 11.3 Å². The van der Waals surface area contributed by atoms with Crippen LogP contribution in [-0.4, -0.2) is 6.61 Å². The van der Waals surface area contributed by atoms with Gasteiger partial charge in [0.2, 0.25) is 0 Å². The van der Waals surface area contributed by atoms with Crippen molar-refractivity contribution >= 4 is 26.7 Å². The molecule has 0 saturated heterocycles. The number of unbranched alkanes of at least 4 members (excludes halogenated alkanes) is 1. The smallest absolute Gasteiger partial charge is 0.127 e. The van der Waals surface area contributed by atoms with Crippen LogP contribution >= 0.6 is 15.9 Å². The first-order valence-electron chi connectivity index (χ1n) is 7.22. The summed E-state index contributed by atoms with van der Waals surface area (Å²) < 4.78 is 6.06. The quantitative estimate of drug-likeness (QED) is 0.610. The third kappa shape index (κ3) is 4.11. The van der Waals surface area contributed by atoms with E-state index >= 15 is 0 Å². The molecule has 0 aliphatic rings. The molecule has 0 bridgehead atoms. The van der Waals surface area contributed by atoms with Crippen LogP contribution in [0, 0.1) is 5.92 Å². The Hall–Kier alpha value is -1.28. The summed E-state index contributed by atoms with van der Waals surface area (Å²) >= 11 is 3.37. The van der Waals surface area contributed by atoms with Gasteiger partial charge in [-0.25, -0.2) is 0 Å². The van der Waals surface area contributed by atoms with Crippen molar-refractivity contribution in [3.05, 3.63) is 53.5 Å². The highest BCUT2D eigenvalue weighted by atomic mass is 79.9. The lowest BCUT2D eigenvalue weighted by molar-refractivity contribution is 0.269. The molecule has 0 aromatic heterocycles. The number of hydrogen-bond donors (Lipinski definition) is 0. The first-order chi connectivity index (χ1) is 9.85. The van der Waals surface area contributed by atoms with E-state index in [2.05, 4.69) is 71.4 Å². The van der Waals surface area contributed by atoms with E-state index in [0.717, 1.165) is 12.4 Å². The fourth-order valence-electron chi connectivity index (χ4n) is 2.32. The van der Waals surface area contributed by atoms with Crippen molar-refractivity contribution in [3.8, 4) is 5.75 Å². The van der Waals surface area contributed by atoms with E-state index in [-0.39, 0.29) is 0 Å². The molecule has 1 unspecified atom stereocenters. The summed E-state index contributed by atoms with van der Waals surface area (Å²) in [6, 6.07) is 14.6. The lowest BCUT2D eigenvalue weighted by Gasteiger charge is -2.15. The zero-order chi connectivity index (χ0) is 14.2. The van der Waals surface area contributed by atoms with Crippen molar-refractivity contribution in [1.82, 2.24) is 0 Å². The van der Waals surface area contributed by atoms with Crippen molar-refractivity contribution < 1.29 is 4.74 Å². The molecular formula is C18H21BrO. The topological polar surface area (TPSA) is 9.23 Å². The monoisotopic (exact) mass is 332 g/mol. The van der Waals surface area contributed by atoms with Gasteiger partial charge in [-0.1, -0.05) is 78.2 Å². The summed E-state index contributed by atoms with van der Waals surface area (Å²) in [5.41, 5.74) is 0. The number of ether oxygens (including phenoxy) is 1. The van der Waals surface area contributed by atoms with Crippen LogP contribution < -0.4 is 4.74 Å². The van der Waals surface area contributed by atoms with Crippen molar-refractivity contribution in [3.63, 3.8) is 0 Å². The Morgan fingerprint density at radius 2 is 1.95 bits per heavy atom. The number of hydrogen-bond acceptors (Lipinski definition) is 1. The summed E-state index contributed by atoms with van der Waals surface area (Å²) in [6.45, 7) is 2.95. The van der Waals surface area contributed by atoms with Gasteiger partial charge in [0.25, 0.3) is 0 Å². The van der Waals surface area contributed by atoms with Gasteiger partial charge < -0.3 is 4.74 Å². The molecule has 0 fully saturated rings. The molecule has 2 aromatic carbocycles.